The molecular weight excluding hydrogens is 262 g/mol. The number of nitrogens with one attached hydrogen (secondary N) is 1. The van der Waals surface area contributed by atoms with Crippen LogP contribution in [0.2, 0.25) is 5.15 Å². The summed E-state index contributed by atoms with van der Waals surface area (Å²) in [6, 6.07) is 0. The van der Waals surface area contributed by atoms with Gasteiger partial charge >= 0.3 is 0 Å². The molecule has 0 fully saturated rings. The molecule has 0 radical (unpaired) electrons. The van der Waals surface area contributed by atoms with Crippen molar-refractivity contribution in [1.29, 1.82) is 0 Å². The molecule has 2 N–H and O–H groups in total. The maximum Gasteiger partial charge on any atom is 0.137 e. The number of aliphatic hydroxyl groups is 1. The van der Waals surface area contributed by atoms with Crippen molar-refractivity contribution in [1.82, 2.24) is 9.97 Å². The molecule has 0 spiro atoms. The molecule has 1 rings (SSSR count). The Morgan fingerprint density at radius 3 is 2.32 bits per heavy atom. The average Bonchev–Trinajstić information content (AvgIpc) is 2.45. The SMILES string of the molecule is CCc1nc(Cl)c(C)c(NCC(CC)(CC)CO)n1. The highest BCUT2D eigenvalue weighted by Gasteiger charge is 2.25. The molecule has 0 amide bonds. The van der Waals surface area contributed by atoms with Crippen LogP contribution in [0.5, 0.6) is 0 Å². The molecule has 0 unspecified atom stereocenters. The first-order chi connectivity index (χ1) is 9.01. The predicted molar refractivity (Wildman–Crippen MR) is 79.7 cm³/mol. The summed E-state index contributed by atoms with van der Waals surface area (Å²) in [7, 11) is 0. The fourth-order valence-corrected chi connectivity index (χ4v) is 2.10. The molecule has 0 atom stereocenters. The number of halogens is 1. The molecule has 108 valence electrons. The maximum atomic E-state index is 9.58. The van der Waals surface area contributed by atoms with Gasteiger partial charge in [-0.2, -0.15) is 0 Å². The third-order valence-corrected chi connectivity index (χ3v) is 4.28. The van der Waals surface area contributed by atoms with E-state index in [1.54, 1.807) is 0 Å². The third-order valence-electron chi connectivity index (χ3n) is 3.92. The van der Waals surface area contributed by atoms with E-state index in [9.17, 15) is 5.11 Å². The van der Waals surface area contributed by atoms with Crippen LogP contribution in [0.4, 0.5) is 5.82 Å². The fourth-order valence-electron chi connectivity index (χ4n) is 1.91. The molecule has 5 heteroatoms. The molecule has 1 heterocycles. The van der Waals surface area contributed by atoms with Crippen LogP contribution in [0.15, 0.2) is 0 Å². The summed E-state index contributed by atoms with van der Waals surface area (Å²) in [6.07, 6.45) is 2.60. The van der Waals surface area contributed by atoms with Crippen molar-refractivity contribution >= 4 is 17.4 Å². The summed E-state index contributed by atoms with van der Waals surface area (Å²) in [5, 5.41) is 13.4. The second kappa shape index (κ2) is 7.06. The second-order valence-electron chi connectivity index (χ2n) is 4.98. The van der Waals surface area contributed by atoms with Gasteiger partial charge in [0.1, 0.15) is 16.8 Å². The molecule has 1 aromatic heterocycles. The largest absolute Gasteiger partial charge is 0.396 e. The van der Waals surface area contributed by atoms with E-state index in [1.807, 2.05) is 13.8 Å². The molecule has 4 nitrogen and oxygen atoms in total. The molecule has 0 aliphatic carbocycles. The molecule has 1 aromatic rings. The van der Waals surface area contributed by atoms with Gasteiger partial charge in [-0.3, -0.25) is 0 Å². The lowest BCUT2D eigenvalue weighted by Crippen LogP contribution is -2.32. The highest BCUT2D eigenvalue weighted by Crippen LogP contribution is 2.27. The summed E-state index contributed by atoms with van der Waals surface area (Å²) in [4.78, 5) is 8.69. The second-order valence-corrected chi connectivity index (χ2v) is 5.33. The number of nitrogens with zero attached hydrogens (tertiary/aromatic N) is 2. The van der Waals surface area contributed by atoms with Crippen LogP contribution in [0.3, 0.4) is 0 Å². The van der Waals surface area contributed by atoms with E-state index < -0.39 is 0 Å². The number of aliphatic hydroxyl groups excluding tert-OH is 1. The molecule has 0 aliphatic heterocycles. The summed E-state index contributed by atoms with van der Waals surface area (Å²) in [5.41, 5.74) is 0.758. The quantitative estimate of drug-likeness (QED) is 0.755. The van der Waals surface area contributed by atoms with Crippen molar-refractivity contribution in [3.8, 4) is 0 Å². The number of aromatic nitrogens is 2. The minimum atomic E-state index is -0.101. The molecule has 0 saturated heterocycles. The van der Waals surface area contributed by atoms with E-state index in [0.717, 1.165) is 36.5 Å². The Hall–Kier alpha value is -0.870. The first-order valence-corrected chi connectivity index (χ1v) is 7.27. The highest BCUT2D eigenvalue weighted by molar-refractivity contribution is 6.30. The topological polar surface area (TPSA) is 58.0 Å². The zero-order valence-corrected chi connectivity index (χ0v) is 13.0. The van der Waals surface area contributed by atoms with Crippen LogP contribution in [0.1, 0.15) is 45.0 Å². The number of anilines is 1. The normalized spacial score (nSPS) is 11.7. The number of hydrogen-bond acceptors (Lipinski definition) is 4. The van der Waals surface area contributed by atoms with Gasteiger partial charge in [-0.05, 0) is 19.8 Å². The Morgan fingerprint density at radius 1 is 1.21 bits per heavy atom. The maximum absolute atomic E-state index is 9.58. The monoisotopic (exact) mass is 285 g/mol. The van der Waals surface area contributed by atoms with Crippen LogP contribution < -0.4 is 5.32 Å². The van der Waals surface area contributed by atoms with Gasteiger partial charge in [-0.25, -0.2) is 9.97 Å². The van der Waals surface area contributed by atoms with Crippen LogP contribution in [-0.2, 0) is 6.42 Å². The lowest BCUT2D eigenvalue weighted by Gasteiger charge is -2.30. The first-order valence-electron chi connectivity index (χ1n) is 6.89. The highest BCUT2D eigenvalue weighted by atomic mass is 35.5. The van der Waals surface area contributed by atoms with Gasteiger partial charge in [-0.15, -0.1) is 0 Å². The van der Waals surface area contributed by atoms with Gasteiger partial charge in [-0.1, -0.05) is 32.4 Å². The van der Waals surface area contributed by atoms with Gasteiger partial charge < -0.3 is 10.4 Å². The summed E-state index contributed by atoms with van der Waals surface area (Å²) < 4.78 is 0. The smallest absolute Gasteiger partial charge is 0.137 e. The van der Waals surface area contributed by atoms with Gasteiger partial charge in [0.15, 0.2) is 0 Å². The minimum absolute atomic E-state index is 0.101. The van der Waals surface area contributed by atoms with Crippen LogP contribution >= 0.6 is 11.6 Å². The van der Waals surface area contributed by atoms with Crippen molar-refractivity contribution in [2.75, 3.05) is 18.5 Å². The summed E-state index contributed by atoms with van der Waals surface area (Å²) in [6.45, 7) is 8.96. The number of aryl methyl sites for hydroxylation is 1. The van der Waals surface area contributed by atoms with E-state index in [4.69, 9.17) is 11.6 Å². The molecule has 0 saturated carbocycles. The van der Waals surface area contributed by atoms with Crippen molar-refractivity contribution in [3.63, 3.8) is 0 Å². The van der Waals surface area contributed by atoms with Crippen LogP contribution in [0.25, 0.3) is 0 Å². The lowest BCUT2D eigenvalue weighted by atomic mass is 9.83. The fraction of sp³-hybridized carbons (Fsp3) is 0.714. The van der Waals surface area contributed by atoms with E-state index >= 15 is 0 Å². The molecule has 0 aromatic carbocycles. The Labute approximate surface area is 120 Å². The van der Waals surface area contributed by atoms with Crippen molar-refractivity contribution in [2.24, 2.45) is 5.41 Å². The van der Waals surface area contributed by atoms with Crippen molar-refractivity contribution < 1.29 is 5.11 Å². The van der Waals surface area contributed by atoms with Gasteiger partial charge in [0.25, 0.3) is 0 Å². The zero-order chi connectivity index (χ0) is 14.5. The van der Waals surface area contributed by atoms with E-state index in [-0.39, 0.29) is 12.0 Å². The Balaban J connectivity index is 2.90. The van der Waals surface area contributed by atoms with Gasteiger partial charge in [0, 0.05) is 23.9 Å². The number of hydrogen-bond donors (Lipinski definition) is 2. The van der Waals surface area contributed by atoms with E-state index in [1.165, 1.54) is 0 Å². The van der Waals surface area contributed by atoms with Crippen molar-refractivity contribution in [3.05, 3.63) is 16.5 Å². The van der Waals surface area contributed by atoms with E-state index in [0.29, 0.717) is 11.7 Å². The Kier molecular flexibility index (Phi) is 6.01. The molecular formula is C14H24ClN3O. The molecule has 19 heavy (non-hydrogen) atoms. The van der Waals surface area contributed by atoms with Crippen LogP contribution in [-0.4, -0.2) is 28.2 Å². The number of rotatable bonds is 7. The van der Waals surface area contributed by atoms with Gasteiger partial charge in [0.05, 0.1) is 6.61 Å². The van der Waals surface area contributed by atoms with Gasteiger partial charge in [0.2, 0.25) is 0 Å². The summed E-state index contributed by atoms with van der Waals surface area (Å²) >= 11 is 6.11. The predicted octanol–water partition coefficient (Wildman–Crippen LogP) is 3.21. The Morgan fingerprint density at radius 2 is 1.84 bits per heavy atom. The average molecular weight is 286 g/mol. The molecule has 0 bridgehead atoms. The standard InChI is InChI=1S/C14H24ClN3O/c1-5-11-17-12(15)10(4)13(18-11)16-8-14(6-2,7-3)9-19/h19H,5-9H2,1-4H3,(H,16,17,18). The third kappa shape index (κ3) is 3.80. The minimum Gasteiger partial charge on any atom is -0.396 e. The Bertz CT molecular complexity index is 411. The van der Waals surface area contributed by atoms with Crippen LogP contribution in [0, 0.1) is 12.3 Å². The molecule has 0 aliphatic rings. The first kappa shape index (κ1) is 16.2. The zero-order valence-electron chi connectivity index (χ0n) is 12.3. The summed E-state index contributed by atoms with van der Waals surface area (Å²) in [5.74, 6) is 1.51. The lowest BCUT2D eigenvalue weighted by molar-refractivity contribution is 0.127. The van der Waals surface area contributed by atoms with E-state index in [2.05, 4.69) is 29.1 Å². The van der Waals surface area contributed by atoms with Crippen molar-refractivity contribution in [2.45, 2.75) is 47.0 Å².